The number of ether oxygens (including phenoxy) is 1. The molecule has 0 amide bonds. The Balaban J connectivity index is 2.03. The molecule has 0 aliphatic heterocycles. The molecule has 0 unspecified atom stereocenters. The topological polar surface area (TPSA) is 9.23 Å². The van der Waals surface area contributed by atoms with Crippen LogP contribution in [-0.2, 0) is 16.8 Å². The third kappa shape index (κ3) is 3.59. The molecule has 2 rings (SSSR count). The first-order valence-electron chi connectivity index (χ1n) is 8.02. The van der Waals surface area contributed by atoms with Crippen molar-refractivity contribution in [2.75, 3.05) is 6.61 Å². The van der Waals surface area contributed by atoms with Crippen LogP contribution >= 0.6 is 0 Å². The Morgan fingerprint density at radius 2 is 1.41 bits per heavy atom. The van der Waals surface area contributed by atoms with Crippen molar-refractivity contribution >= 4 is 0 Å². The number of hydrogen-bond acceptors (Lipinski definition) is 1. The number of benzene rings is 2. The molecule has 2 aromatic rings. The normalized spacial score (nSPS) is 12.4. The van der Waals surface area contributed by atoms with Gasteiger partial charge >= 0.3 is 0 Å². The standard InChI is InChI=1S/C21H28O/c1-17-11-9-10-12-18(17)15-22-16-20(2,3)21(4,5)19-13-7-6-8-14-19/h6-14H,15-16H2,1-5H3. The SMILES string of the molecule is Cc1ccccc1COCC(C)(C)C(C)(C)c1ccccc1. The first-order valence-corrected chi connectivity index (χ1v) is 8.02. The molecule has 0 N–H and O–H groups in total. The average Bonchev–Trinajstić information content (AvgIpc) is 2.50. The lowest BCUT2D eigenvalue weighted by atomic mass is 9.64. The van der Waals surface area contributed by atoms with Crippen LogP contribution in [0.25, 0.3) is 0 Å². The molecule has 0 heterocycles. The molecule has 118 valence electrons. The van der Waals surface area contributed by atoms with Crippen LogP contribution in [0.1, 0.15) is 44.4 Å². The summed E-state index contributed by atoms with van der Waals surface area (Å²) in [6, 6.07) is 19.1. The smallest absolute Gasteiger partial charge is 0.0719 e. The fraction of sp³-hybridized carbons (Fsp3) is 0.429. The van der Waals surface area contributed by atoms with Gasteiger partial charge in [0.15, 0.2) is 0 Å². The largest absolute Gasteiger partial charge is 0.376 e. The summed E-state index contributed by atoms with van der Waals surface area (Å²) in [7, 11) is 0. The molecule has 0 aromatic heterocycles. The summed E-state index contributed by atoms with van der Waals surface area (Å²) in [5, 5.41) is 0. The molecule has 0 saturated heterocycles. The van der Waals surface area contributed by atoms with Crippen molar-refractivity contribution in [3.05, 3.63) is 71.3 Å². The van der Waals surface area contributed by atoms with Crippen molar-refractivity contribution in [2.24, 2.45) is 5.41 Å². The maximum absolute atomic E-state index is 6.07. The van der Waals surface area contributed by atoms with Crippen LogP contribution in [0.4, 0.5) is 0 Å². The highest BCUT2D eigenvalue weighted by Crippen LogP contribution is 2.41. The Bertz CT molecular complexity index is 596. The Labute approximate surface area is 135 Å². The average molecular weight is 296 g/mol. The summed E-state index contributed by atoms with van der Waals surface area (Å²) >= 11 is 0. The van der Waals surface area contributed by atoms with E-state index in [1.807, 2.05) is 0 Å². The first kappa shape index (κ1) is 16.8. The highest BCUT2D eigenvalue weighted by Gasteiger charge is 2.38. The Kier molecular flexibility index (Phi) is 5.08. The van der Waals surface area contributed by atoms with Crippen LogP contribution in [0.15, 0.2) is 54.6 Å². The molecule has 1 nitrogen and oxygen atoms in total. The molecule has 0 aliphatic carbocycles. The molecular formula is C21H28O. The van der Waals surface area contributed by atoms with Gasteiger partial charge in [-0.1, -0.05) is 82.3 Å². The Morgan fingerprint density at radius 1 is 0.818 bits per heavy atom. The summed E-state index contributed by atoms with van der Waals surface area (Å²) in [4.78, 5) is 0. The van der Waals surface area contributed by atoms with Gasteiger partial charge in [0, 0.05) is 0 Å². The zero-order valence-electron chi connectivity index (χ0n) is 14.5. The van der Waals surface area contributed by atoms with Gasteiger partial charge in [0.25, 0.3) is 0 Å². The maximum atomic E-state index is 6.07. The second-order valence-electron chi connectivity index (χ2n) is 7.29. The van der Waals surface area contributed by atoms with Gasteiger partial charge < -0.3 is 4.74 Å². The van der Waals surface area contributed by atoms with E-state index in [-0.39, 0.29) is 10.8 Å². The fourth-order valence-corrected chi connectivity index (χ4v) is 2.61. The van der Waals surface area contributed by atoms with E-state index in [9.17, 15) is 0 Å². The van der Waals surface area contributed by atoms with E-state index in [4.69, 9.17) is 4.74 Å². The highest BCUT2D eigenvalue weighted by molar-refractivity contribution is 5.27. The molecule has 0 aliphatic rings. The van der Waals surface area contributed by atoms with E-state index >= 15 is 0 Å². The third-order valence-electron chi connectivity index (χ3n) is 5.17. The van der Waals surface area contributed by atoms with Crippen molar-refractivity contribution in [1.29, 1.82) is 0 Å². The molecule has 0 radical (unpaired) electrons. The predicted molar refractivity (Wildman–Crippen MR) is 94.1 cm³/mol. The van der Waals surface area contributed by atoms with Crippen LogP contribution in [0.5, 0.6) is 0 Å². The molecule has 2 aromatic carbocycles. The minimum atomic E-state index is 0.0526. The fourth-order valence-electron chi connectivity index (χ4n) is 2.61. The lowest BCUT2D eigenvalue weighted by Crippen LogP contribution is -2.40. The number of aryl methyl sites for hydroxylation is 1. The lowest BCUT2D eigenvalue weighted by molar-refractivity contribution is 0.0144. The predicted octanol–water partition coefficient (Wildman–Crippen LogP) is 5.52. The molecule has 1 heteroatoms. The maximum Gasteiger partial charge on any atom is 0.0719 e. The van der Waals surface area contributed by atoms with Gasteiger partial charge in [-0.05, 0) is 34.4 Å². The van der Waals surface area contributed by atoms with E-state index in [0.717, 1.165) is 6.61 Å². The van der Waals surface area contributed by atoms with E-state index in [1.165, 1.54) is 16.7 Å². The second-order valence-corrected chi connectivity index (χ2v) is 7.29. The zero-order valence-corrected chi connectivity index (χ0v) is 14.5. The molecule has 22 heavy (non-hydrogen) atoms. The first-order chi connectivity index (χ1) is 10.3. The minimum Gasteiger partial charge on any atom is -0.376 e. The third-order valence-corrected chi connectivity index (χ3v) is 5.17. The second kappa shape index (κ2) is 6.66. The highest BCUT2D eigenvalue weighted by atomic mass is 16.5. The molecule has 0 bridgehead atoms. The summed E-state index contributed by atoms with van der Waals surface area (Å²) in [6.07, 6.45) is 0. The van der Waals surface area contributed by atoms with Crippen molar-refractivity contribution in [1.82, 2.24) is 0 Å². The zero-order chi connectivity index (χ0) is 16.2. The van der Waals surface area contributed by atoms with Gasteiger partial charge in [-0.2, -0.15) is 0 Å². The lowest BCUT2D eigenvalue weighted by Gasteiger charge is -2.42. The molecule has 0 atom stereocenters. The molecular weight excluding hydrogens is 268 g/mol. The summed E-state index contributed by atoms with van der Waals surface area (Å²) < 4.78 is 6.07. The summed E-state index contributed by atoms with van der Waals surface area (Å²) in [6.45, 7) is 12.7. The number of rotatable bonds is 6. The van der Waals surface area contributed by atoms with Crippen LogP contribution in [0.2, 0.25) is 0 Å². The van der Waals surface area contributed by atoms with Gasteiger partial charge in [0.2, 0.25) is 0 Å². The summed E-state index contributed by atoms with van der Waals surface area (Å²) in [5.74, 6) is 0. The van der Waals surface area contributed by atoms with Crippen LogP contribution in [0, 0.1) is 12.3 Å². The monoisotopic (exact) mass is 296 g/mol. The molecule has 0 fully saturated rings. The van der Waals surface area contributed by atoms with Crippen molar-refractivity contribution in [3.8, 4) is 0 Å². The minimum absolute atomic E-state index is 0.0526. The van der Waals surface area contributed by atoms with Gasteiger partial charge in [-0.15, -0.1) is 0 Å². The van der Waals surface area contributed by atoms with Gasteiger partial charge in [-0.25, -0.2) is 0 Å². The van der Waals surface area contributed by atoms with Gasteiger partial charge in [0.1, 0.15) is 0 Å². The van der Waals surface area contributed by atoms with E-state index in [2.05, 4.69) is 89.2 Å². The van der Waals surface area contributed by atoms with E-state index in [0.29, 0.717) is 6.61 Å². The Morgan fingerprint density at radius 3 is 2.05 bits per heavy atom. The Hall–Kier alpha value is -1.60. The molecule has 0 saturated carbocycles. The van der Waals surface area contributed by atoms with Crippen LogP contribution in [-0.4, -0.2) is 6.61 Å². The van der Waals surface area contributed by atoms with Crippen molar-refractivity contribution in [2.45, 2.75) is 46.6 Å². The summed E-state index contributed by atoms with van der Waals surface area (Å²) in [5.41, 5.74) is 4.04. The van der Waals surface area contributed by atoms with Gasteiger partial charge in [0.05, 0.1) is 13.2 Å². The number of hydrogen-bond donors (Lipinski definition) is 0. The van der Waals surface area contributed by atoms with E-state index < -0.39 is 0 Å². The van der Waals surface area contributed by atoms with Gasteiger partial charge in [-0.3, -0.25) is 0 Å². The molecule has 0 spiro atoms. The van der Waals surface area contributed by atoms with E-state index in [1.54, 1.807) is 0 Å². The van der Waals surface area contributed by atoms with Crippen molar-refractivity contribution < 1.29 is 4.74 Å². The van der Waals surface area contributed by atoms with Crippen LogP contribution in [0.3, 0.4) is 0 Å². The van der Waals surface area contributed by atoms with Crippen molar-refractivity contribution in [3.63, 3.8) is 0 Å². The quantitative estimate of drug-likeness (QED) is 0.682. The van der Waals surface area contributed by atoms with Crippen LogP contribution < -0.4 is 0 Å².